The number of rotatable bonds is 0. The number of nitrogens with zero attached hydrogens (tertiary/aromatic N) is 1. The van der Waals surface area contributed by atoms with E-state index in [0.717, 1.165) is 18.1 Å². The zero-order valence-corrected chi connectivity index (χ0v) is 9.85. The van der Waals surface area contributed by atoms with E-state index in [1.807, 2.05) is 6.20 Å². The summed E-state index contributed by atoms with van der Waals surface area (Å²) in [5.41, 5.74) is 3.73. The van der Waals surface area contributed by atoms with Crippen LogP contribution in [0.5, 0.6) is 5.88 Å². The van der Waals surface area contributed by atoms with Crippen LogP contribution in [-0.4, -0.2) is 18.1 Å². The van der Waals surface area contributed by atoms with Crippen LogP contribution in [0.4, 0.5) is 5.69 Å². The van der Waals surface area contributed by atoms with Crippen LogP contribution in [0.15, 0.2) is 6.20 Å². The first kappa shape index (κ1) is 10.3. The first-order chi connectivity index (χ1) is 7.00. The summed E-state index contributed by atoms with van der Waals surface area (Å²) < 4.78 is 5.50. The summed E-state index contributed by atoms with van der Waals surface area (Å²) in [5.74, 6) is 0.742. The lowest BCUT2D eigenvalue weighted by Crippen LogP contribution is -2.22. The minimum Gasteiger partial charge on any atom is -0.474 e. The summed E-state index contributed by atoms with van der Waals surface area (Å²) in [6.07, 6.45) is 1.93. The number of hydrogen-bond donors (Lipinski definition) is 1. The standard InChI is InChI=1S/C12H18N2O/c1-8-9(12(2,3)4)7-14-11-10(8)13-5-6-15-11/h7,13H,5-6H2,1-4H3. The monoisotopic (exact) mass is 206 g/mol. The van der Waals surface area contributed by atoms with Gasteiger partial charge in [-0.1, -0.05) is 20.8 Å². The molecule has 0 atom stereocenters. The van der Waals surface area contributed by atoms with Gasteiger partial charge in [-0.25, -0.2) is 4.98 Å². The molecule has 0 bridgehead atoms. The molecule has 1 aliphatic rings. The average Bonchev–Trinajstić information content (AvgIpc) is 2.16. The van der Waals surface area contributed by atoms with E-state index < -0.39 is 0 Å². The summed E-state index contributed by atoms with van der Waals surface area (Å²) in [7, 11) is 0. The molecule has 0 aromatic carbocycles. The quantitative estimate of drug-likeness (QED) is 0.708. The summed E-state index contributed by atoms with van der Waals surface area (Å²) >= 11 is 0. The smallest absolute Gasteiger partial charge is 0.237 e. The number of ether oxygens (including phenoxy) is 1. The Balaban J connectivity index is 2.53. The van der Waals surface area contributed by atoms with Crippen LogP contribution in [0, 0.1) is 6.92 Å². The van der Waals surface area contributed by atoms with E-state index in [1.54, 1.807) is 0 Å². The van der Waals surface area contributed by atoms with Gasteiger partial charge >= 0.3 is 0 Å². The van der Waals surface area contributed by atoms with Crippen LogP contribution in [0.2, 0.25) is 0 Å². The number of hydrogen-bond acceptors (Lipinski definition) is 3. The summed E-state index contributed by atoms with van der Waals surface area (Å²) in [6.45, 7) is 10.3. The molecule has 0 saturated heterocycles. The van der Waals surface area contributed by atoms with Crippen molar-refractivity contribution >= 4 is 5.69 Å². The highest BCUT2D eigenvalue weighted by atomic mass is 16.5. The maximum absolute atomic E-state index is 5.50. The van der Waals surface area contributed by atoms with Crippen molar-refractivity contribution in [1.29, 1.82) is 0 Å². The molecule has 2 heterocycles. The van der Waals surface area contributed by atoms with E-state index in [-0.39, 0.29) is 5.41 Å². The Labute approximate surface area is 90.9 Å². The van der Waals surface area contributed by atoms with Crippen LogP contribution in [0.1, 0.15) is 31.9 Å². The second kappa shape index (κ2) is 3.40. The molecule has 1 aliphatic heterocycles. The normalized spacial score (nSPS) is 15.2. The molecule has 0 fully saturated rings. The predicted molar refractivity (Wildman–Crippen MR) is 61.7 cm³/mol. The molecule has 1 aromatic heterocycles. The zero-order valence-electron chi connectivity index (χ0n) is 9.85. The Kier molecular flexibility index (Phi) is 2.33. The summed E-state index contributed by atoms with van der Waals surface area (Å²) in [6, 6.07) is 0. The van der Waals surface area contributed by atoms with E-state index in [1.165, 1.54) is 11.1 Å². The highest BCUT2D eigenvalue weighted by Crippen LogP contribution is 2.35. The van der Waals surface area contributed by atoms with E-state index in [9.17, 15) is 0 Å². The van der Waals surface area contributed by atoms with Gasteiger partial charge in [-0.3, -0.25) is 0 Å². The maximum atomic E-state index is 5.50. The van der Waals surface area contributed by atoms with Gasteiger partial charge in [-0.2, -0.15) is 0 Å². The van der Waals surface area contributed by atoms with E-state index in [4.69, 9.17) is 4.74 Å². The van der Waals surface area contributed by atoms with Crippen LogP contribution in [0.25, 0.3) is 0 Å². The van der Waals surface area contributed by atoms with Crippen molar-refractivity contribution in [3.8, 4) is 5.88 Å². The fourth-order valence-corrected chi connectivity index (χ4v) is 1.98. The lowest BCUT2D eigenvalue weighted by Gasteiger charge is -2.26. The molecule has 3 nitrogen and oxygen atoms in total. The van der Waals surface area contributed by atoms with Crippen molar-refractivity contribution in [3.63, 3.8) is 0 Å². The molecule has 0 spiro atoms. The minimum absolute atomic E-state index is 0.130. The fourth-order valence-electron chi connectivity index (χ4n) is 1.98. The Hall–Kier alpha value is -1.25. The first-order valence-corrected chi connectivity index (χ1v) is 5.37. The molecule has 15 heavy (non-hydrogen) atoms. The molecule has 0 unspecified atom stereocenters. The van der Waals surface area contributed by atoms with Gasteiger partial charge in [0.15, 0.2) is 0 Å². The lowest BCUT2D eigenvalue weighted by molar-refractivity contribution is 0.309. The molecule has 0 amide bonds. The Bertz CT molecular complexity index is 380. The zero-order chi connectivity index (χ0) is 11.1. The lowest BCUT2D eigenvalue weighted by atomic mass is 9.85. The summed E-state index contributed by atoms with van der Waals surface area (Å²) in [4.78, 5) is 4.36. The Morgan fingerprint density at radius 2 is 2.13 bits per heavy atom. The molecular formula is C12H18N2O. The third-order valence-electron chi connectivity index (χ3n) is 2.75. The third-order valence-corrected chi connectivity index (χ3v) is 2.75. The minimum atomic E-state index is 0.130. The van der Waals surface area contributed by atoms with E-state index >= 15 is 0 Å². The van der Waals surface area contributed by atoms with Crippen molar-refractivity contribution in [2.45, 2.75) is 33.1 Å². The van der Waals surface area contributed by atoms with Gasteiger partial charge in [0.25, 0.3) is 0 Å². The van der Waals surface area contributed by atoms with Gasteiger partial charge in [0.1, 0.15) is 12.3 Å². The molecule has 82 valence electrons. The fraction of sp³-hybridized carbons (Fsp3) is 0.583. The molecule has 0 aliphatic carbocycles. The molecule has 1 aromatic rings. The third kappa shape index (κ3) is 1.78. The highest BCUT2D eigenvalue weighted by molar-refractivity contribution is 5.62. The average molecular weight is 206 g/mol. The molecule has 0 saturated carbocycles. The second-order valence-corrected chi connectivity index (χ2v) is 5.00. The van der Waals surface area contributed by atoms with Crippen molar-refractivity contribution in [2.75, 3.05) is 18.5 Å². The van der Waals surface area contributed by atoms with Crippen LogP contribution < -0.4 is 10.1 Å². The largest absolute Gasteiger partial charge is 0.474 e. The number of anilines is 1. The number of nitrogens with one attached hydrogen (secondary N) is 1. The van der Waals surface area contributed by atoms with Crippen LogP contribution in [-0.2, 0) is 5.41 Å². The first-order valence-electron chi connectivity index (χ1n) is 5.37. The van der Waals surface area contributed by atoms with E-state index in [0.29, 0.717) is 6.61 Å². The molecule has 1 N–H and O–H groups in total. The molecule has 2 rings (SSSR count). The van der Waals surface area contributed by atoms with Gasteiger partial charge in [0.2, 0.25) is 5.88 Å². The molecular weight excluding hydrogens is 188 g/mol. The molecule has 0 radical (unpaired) electrons. The number of fused-ring (bicyclic) bond motifs is 1. The topological polar surface area (TPSA) is 34.2 Å². The SMILES string of the molecule is Cc1c(C(C)(C)C)cnc2c1NCCO2. The predicted octanol–water partition coefficient (Wildman–Crippen LogP) is 2.49. The maximum Gasteiger partial charge on any atom is 0.237 e. The van der Waals surface area contributed by atoms with Gasteiger partial charge in [0.05, 0.1) is 0 Å². The Morgan fingerprint density at radius 1 is 1.40 bits per heavy atom. The Morgan fingerprint density at radius 3 is 2.80 bits per heavy atom. The summed E-state index contributed by atoms with van der Waals surface area (Å²) in [5, 5.41) is 3.36. The van der Waals surface area contributed by atoms with Crippen molar-refractivity contribution in [3.05, 3.63) is 17.3 Å². The van der Waals surface area contributed by atoms with E-state index in [2.05, 4.69) is 38.0 Å². The highest BCUT2D eigenvalue weighted by Gasteiger charge is 2.22. The van der Waals surface area contributed by atoms with Gasteiger partial charge in [-0.05, 0) is 23.5 Å². The van der Waals surface area contributed by atoms with Gasteiger partial charge < -0.3 is 10.1 Å². The number of pyridine rings is 1. The van der Waals surface area contributed by atoms with Gasteiger partial charge in [-0.15, -0.1) is 0 Å². The van der Waals surface area contributed by atoms with Crippen molar-refractivity contribution in [2.24, 2.45) is 0 Å². The van der Waals surface area contributed by atoms with Crippen LogP contribution in [0.3, 0.4) is 0 Å². The molecule has 3 heteroatoms. The second-order valence-electron chi connectivity index (χ2n) is 5.00. The van der Waals surface area contributed by atoms with Gasteiger partial charge in [0, 0.05) is 12.7 Å². The van der Waals surface area contributed by atoms with Crippen LogP contribution >= 0.6 is 0 Å². The van der Waals surface area contributed by atoms with Crippen molar-refractivity contribution < 1.29 is 4.74 Å². The number of aromatic nitrogens is 1. The van der Waals surface area contributed by atoms with Crippen molar-refractivity contribution in [1.82, 2.24) is 4.98 Å².